The predicted molar refractivity (Wildman–Crippen MR) is 128 cm³/mol. The summed E-state index contributed by atoms with van der Waals surface area (Å²) in [5.74, 6) is -0.234. The zero-order chi connectivity index (χ0) is 23.7. The fraction of sp³-hybridized carbons (Fsp3) is 0.143. The van der Waals surface area contributed by atoms with Gasteiger partial charge in [0.15, 0.2) is 5.43 Å². The molecular weight excluding hydrogens is 433 g/mol. The Bertz CT molecular complexity index is 1430. The van der Waals surface area contributed by atoms with Crippen molar-refractivity contribution in [3.63, 3.8) is 0 Å². The van der Waals surface area contributed by atoms with Crippen LogP contribution in [0.4, 0.5) is 4.39 Å². The number of nitrogens with zero attached hydrogens (tertiary/aromatic N) is 1. The van der Waals surface area contributed by atoms with E-state index >= 15 is 0 Å². The summed E-state index contributed by atoms with van der Waals surface area (Å²) in [6, 6.07) is 20.2. The molecule has 34 heavy (non-hydrogen) atoms. The van der Waals surface area contributed by atoms with Gasteiger partial charge in [-0.3, -0.25) is 9.59 Å². The van der Waals surface area contributed by atoms with Gasteiger partial charge in [-0.15, -0.1) is 0 Å². The van der Waals surface area contributed by atoms with Crippen LogP contribution in [0.2, 0.25) is 0 Å². The normalized spacial score (nSPS) is 14.9. The maximum atomic E-state index is 13.9. The smallest absolute Gasteiger partial charge is 0.290 e. The second kappa shape index (κ2) is 8.98. The van der Waals surface area contributed by atoms with Crippen LogP contribution in [0.25, 0.3) is 11.0 Å². The summed E-state index contributed by atoms with van der Waals surface area (Å²) < 4.78 is 25.4. The summed E-state index contributed by atoms with van der Waals surface area (Å²) in [6.45, 7) is 4.40. The summed E-state index contributed by atoms with van der Waals surface area (Å²) in [5.41, 5.74) is 1.84. The van der Waals surface area contributed by atoms with E-state index in [2.05, 4.69) is 6.58 Å². The number of rotatable bonds is 7. The van der Waals surface area contributed by atoms with Gasteiger partial charge in [-0.05, 0) is 47.9 Å². The van der Waals surface area contributed by atoms with E-state index in [0.29, 0.717) is 25.3 Å². The lowest BCUT2D eigenvalue weighted by Gasteiger charge is -2.25. The van der Waals surface area contributed by atoms with E-state index in [1.54, 1.807) is 23.1 Å². The van der Waals surface area contributed by atoms with Crippen molar-refractivity contribution in [1.82, 2.24) is 4.90 Å². The van der Waals surface area contributed by atoms with Gasteiger partial charge in [0.05, 0.1) is 17.0 Å². The van der Waals surface area contributed by atoms with Crippen molar-refractivity contribution >= 4 is 16.9 Å². The third kappa shape index (κ3) is 3.88. The molecular formula is C28H22FNO4. The molecule has 4 aromatic rings. The molecule has 6 heteroatoms. The molecule has 0 N–H and O–H groups in total. The molecule has 3 aromatic carbocycles. The van der Waals surface area contributed by atoms with E-state index in [1.165, 1.54) is 12.1 Å². The zero-order valence-corrected chi connectivity index (χ0v) is 18.4. The van der Waals surface area contributed by atoms with Crippen LogP contribution in [0, 0.1) is 5.82 Å². The van der Waals surface area contributed by atoms with E-state index in [4.69, 9.17) is 9.15 Å². The summed E-state index contributed by atoms with van der Waals surface area (Å²) in [5, 5.41) is 0.118. The molecule has 0 fully saturated rings. The van der Waals surface area contributed by atoms with Crippen LogP contribution in [0.5, 0.6) is 5.75 Å². The SMILES string of the molecule is C=CCOc1ccc(C2c3c(oc4ccc(F)cc4c3=O)C(=O)N2CCc2ccccc2)cc1. The second-order valence-electron chi connectivity index (χ2n) is 8.12. The number of ether oxygens (including phenoxy) is 1. The highest BCUT2D eigenvalue weighted by Crippen LogP contribution is 2.38. The Kier molecular flexibility index (Phi) is 5.72. The van der Waals surface area contributed by atoms with Crippen molar-refractivity contribution < 1.29 is 18.3 Å². The first kappa shape index (κ1) is 21.6. The molecule has 170 valence electrons. The Labute approximate surface area is 195 Å². The Balaban J connectivity index is 1.60. The minimum atomic E-state index is -0.649. The third-order valence-electron chi connectivity index (χ3n) is 5.98. The number of benzene rings is 3. The van der Waals surface area contributed by atoms with E-state index in [1.807, 2.05) is 42.5 Å². The number of carbonyl (C=O) groups is 1. The average Bonchev–Trinajstić information content (AvgIpc) is 3.14. The molecule has 0 bridgehead atoms. The van der Waals surface area contributed by atoms with E-state index in [-0.39, 0.29) is 28.2 Å². The molecule has 1 atom stereocenters. The maximum Gasteiger partial charge on any atom is 0.290 e. The molecule has 1 amide bonds. The minimum absolute atomic E-state index is 0.00848. The first-order valence-corrected chi connectivity index (χ1v) is 11.0. The van der Waals surface area contributed by atoms with Gasteiger partial charge in [0.2, 0.25) is 5.76 Å². The molecule has 1 unspecified atom stereocenters. The van der Waals surface area contributed by atoms with Crippen molar-refractivity contribution in [2.75, 3.05) is 13.2 Å². The van der Waals surface area contributed by atoms with Crippen molar-refractivity contribution in [3.05, 3.63) is 124 Å². The lowest BCUT2D eigenvalue weighted by molar-refractivity contribution is 0.0730. The molecule has 1 aliphatic heterocycles. The molecule has 2 heterocycles. The van der Waals surface area contributed by atoms with Crippen LogP contribution in [-0.4, -0.2) is 24.0 Å². The van der Waals surface area contributed by atoms with Crippen molar-refractivity contribution in [2.24, 2.45) is 0 Å². The Morgan fingerprint density at radius 3 is 2.53 bits per heavy atom. The summed E-state index contributed by atoms with van der Waals surface area (Å²) >= 11 is 0. The van der Waals surface area contributed by atoms with E-state index in [9.17, 15) is 14.0 Å². The van der Waals surface area contributed by atoms with Gasteiger partial charge in [0.25, 0.3) is 5.91 Å². The molecule has 0 saturated carbocycles. The standard InChI is InChI=1S/C28H22FNO4/c1-2-16-33-21-11-8-19(9-12-21)25-24-26(31)22-17-20(29)10-13-23(22)34-27(24)28(32)30(25)15-14-18-6-4-3-5-7-18/h2-13,17,25H,1,14-16H2. The van der Waals surface area contributed by atoms with Crippen molar-refractivity contribution in [1.29, 1.82) is 0 Å². The quantitative estimate of drug-likeness (QED) is 0.356. The van der Waals surface area contributed by atoms with Gasteiger partial charge in [-0.2, -0.15) is 0 Å². The zero-order valence-electron chi connectivity index (χ0n) is 18.4. The van der Waals surface area contributed by atoms with E-state index < -0.39 is 17.3 Å². The lowest BCUT2D eigenvalue weighted by Crippen LogP contribution is -2.31. The van der Waals surface area contributed by atoms with Crippen LogP contribution in [0.1, 0.15) is 33.3 Å². The maximum absolute atomic E-state index is 13.9. The molecule has 0 aliphatic carbocycles. The highest BCUT2D eigenvalue weighted by atomic mass is 19.1. The summed E-state index contributed by atoms with van der Waals surface area (Å²) in [7, 11) is 0. The number of fused-ring (bicyclic) bond motifs is 2. The number of hydrogen-bond acceptors (Lipinski definition) is 4. The first-order chi connectivity index (χ1) is 16.6. The predicted octanol–water partition coefficient (Wildman–Crippen LogP) is 5.28. The second-order valence-corrected chi connectivity index (χ2v) is 8.12. The van der Waals surface area contributed by atoms with Crippen LogP contribution in [0.15, 0.2) is 94.7 Å². The number of carbonyl (C=O) groups excluding carboxylic acids is 1. The summed E-state index contributed by atoms with van der Waals surface area (Å²) in [4.78, 5) is 28.6. The minimum Gasteiger partial charge on any atom is -0.490 e. The third-order valence-corrected chi connectivity index (χ3v) is 5.98. The Morgan fingerprint density at radius 1 is 1.03 bits per heavy atom. The highest BCUT2D eigenvalue weighted by Gasteiger charge is 2.42. The molecule has 0 saturated heterocycles. The first-order valence-electron chi connectivity index (χ1n) is 11.0. The van der Waals surface area contributed by atoms with Crippen LogP contribution >= 0.6 is 0 Å². The van der Waals surface area contributed by atoms with Gasteiger partial charge in [0, 0.05) is 6.54 Å². The number of halogens is 1. The van der Waals surface area contributed by atoms with Gasteiger partial charge in [0.1, 0.15) is 23.8 Å². The van der Waals surface area contributed by atoms with Gasteiger partial charge >= 0.3 is 0 Å². The fourth-order valence-corrected chi connectivity index (χ4v) is 4.37. The topological polar surface area (TPSA) is 59.8 Å². The number of amides is 1. The molecule has 0 spiro atoms. The van der Waals surface area contributed by atoms with E-state index in [0.717, 1.165) is 17.2 Å². The average molecular weight is 455 g/mol. The molecule has 1 aromatic heterocycles. The van der Waals surface area contributed by atoms with Gasteiger partial charge in [-0.25, -0.2) is 4.39 Å². The fourth-order valence-electron chi connectivity index (χ4n) is 4.37. The molecule has 1 aliphatic rings. The van der Waals surface area contributed by atoms with Crippen molar-refractivity contribution in [2.45, 2.75) is 12.5 Å². The molecule has 5 rings (SSSR count). The van der Waals surface area contributed by atoms with Gasteiger partial charge < -0.3 is 14.1 Å². The number of hydrogen-bond donors (Lipinski definition) is 0. The lowest BCUT2D eigenvalue weighted by atomic mass is 9.98. The summed E-state index contributed by atoms with van der Waals surface area (Å²) in [6.07, 6.45) is 2.26. The van der Waals surface area contributed by atoms with Crippen LogP contribution in [-0.2, 0) is 6.42 Å². The monoisotopic (exact) mass is 455 g/mol. The van der Waals surface area contributed by atoms with Crippen LogP contribution in [0.3, 0.4) is 0 Å². The van der Waals surface area contributed by atoms with Crippen molar-refractivity contribution in [3.8, 4) is 5.75 Å². The Morgan fingerprint density at radius 2 is 1.79 bits per heavy atom. The van der Waals surface area contributed by atoms with Crippen LogP contribution < -0.4 is 10.2 Å². The van der Waals surface area contributed by atoms with Gasteiger partial charge in [-0.1, -0.05) is 55.1 Å². The molecule has 0 radical (unpaired) electrons. The molecule has 5 nitrogen and oxygen atoms in total. The highest BCUT2D eigenvalue weighted by molar-refractivity contribution is 5.99. The largest absolute Gasteiger partial charge is 0.490 e. The Hall–Kier alpha value is -4.19.